The topological polar surface area (TPSA) is 46.9 Å². The number of nitrogens with one attached hydrogen (secondary N) is 1. The Hall–Kier alpha value is -2.40. The van der Waals surface area contributed by atoms with E-state index in [9.17, 15) is 9.18 Å². The number of nitrogens with zero attached hydrogens (tertiary/aromatic N) is 2. The highest BCUT2D eigenvalue weighted by molar-refractivity contribution is 6.31. The molecular weight excluding hydrogens is 317 g/mol. The Kier molecular flexibility index (Phi) is 4.05. The van der Waals surface area contributed by atoms with Crippen molar-refractivity contribution in [1.29, 1.82) is 0 Å². The van der Waals surface area contributed by atoms with Gasteiger partial charge in [-0.25, -0.2) is 9.37 Å². The summed E-state index contributed by atoms with van der Waals surface area (Å²) >= 11 is 5.71. The number of aromatic nitrogens is 2. The molecule has 1 N–H and O–H groups in total. The van der Waals surface area contributed by atoms with Gasteiger partial charge in [0.15, 0.2) is 0 Å². The van der Waals surface area contributed by atoms with Gasteiger partial charge in [-0.05, 0) is 55.3 Å². The standard InChI is InChI=1S/C17H15ClFN3O/c1-10-5-15-16(6-11(10)2)22(9-20-15)8-17(23)21-12-3-4-14(19)13(18)7-12/h3-7,9H,8H2,1-2H3,(H,21,23). The zero-order chi connectivity index (χ0) is 16.6. The molecule has 0 saturated heterocycles. The average Bonchev–Trinajstić information content (AvgIpc) is 2.86. The minimum absolute atomic E-state index is 0.0259. The van der Waals surface area contributed by atoms with Crippen LogP contribution in [0.15, 0.2) is 36.7 Å². The van der Waals surface area contributed by atoms with Gasteiger partial charge in [0.25, 0.3) is 0 Å². The van der Waals surface area contributed by atoms with Crippen LogP contribution in [-0.4, -0.2) is 15.5 Å². The van der Waals surface area contributed by atoms with Crippen molar-refractivity contribution in [3.05, 3.63) is 58.6 Å². The first kappa shape index (κ1) is 15.5. The number of carbonyl (C=O) groups is 1. The summed E-state index contributed by atoms with van der Waals surface area (Å²) in [6.45, 7) is 4.17. The molecule has 0 radical (unpaired) electrons. The SMILES string of the molecule is Cc1cc2ncn(CC(=O)Nc3ccc(F)c(Cl)c3)c2cc1C. The van der Waals surface area contributed by atoms with Gasteiger partial charge < -0.3 is 9.88 Å². The summed E-state index contributed by atoms with van der Waals surface area (Å²) in [6.07, 6.45) is 1.64. The molecule has 23 heavy (non-hydrogen) atoms. The Morgan fingerprint density at radius 3 is 2.74 bits per heavy atom. The number of hydrogen-bond donors (Lipinski definition) is 1. The van der Waals surface area contributed by atoms with Crippen LogP contribution in [0.25, 0.3) is 11.0 Å². The summed E-state index contributed by atoms with van der Waals surface area (Å²) in [7, 11) is 0. The van der Waals surface area contributed by atoms with Gasteiger partial charge in [0.2, 0.25) is 5.91 Å². The molecule has 4 nitrogen and oxygen atoms in total. The lowest BCUT2D eigenvalue weighted by Gasteiger charge is -2.08. The zero-order valence-electron chi connectivity index (χ0n) is 12.7. The normalized spacial score (nSPS) is 11.0. The molecule has 3 rings (SSSR count). The van der Waals surface area contributed by atoms with E-state index >= 15 is 0 Å². The van der Waals surface area contributed by atoms with Crippen molar-refractivity contribution in [2.75, 3.05) is 5.32 Å². The number of anilines is 1. The van der Waals surface area contributed by atoms with Gasteiger partial charge in [-0.1, -0.05) is 11.6 Å². The van der Waals surface area contributed by atoms with Gasteiger partial charge in [0, 0.05) is 5.69 Å². The fraction of sp³-hybridized carbons (Fsp3) is 0.176. The summed E-state index contributed by atoms with van der Waals surface area (Å²) < 4.78 is 14.9. The molecule has 0 bridgehead atoms. The van der Waals surface area contributed by atoms with Crippen LogP contribution >= 0.6 is 11.6 Å². The number of fused-ring (bicyclic) bond motifs is 1. The highest BCUT2D eigenvalue weighted by Gasteiger charge is 2.10. The van der Waals surface area contributed by atoms with Crippen molar-refractivity contribution in [1.82, 2.24) is 9.55 Å². The lowest BCUT2D eigenvalue weighted by Crippen LogP contribution is -2.18. The molecule has 0 atom stereocenters. The van der Waals surface area contributed by atoms with E-state index in [1.165, 1.54) is 18.2 Å². The lowest BCUT2D eigenvalue weighted by molar-refractivity contribution is -0.116. The quantitative estimate of drug-likeness (QED) is 0.786. The minimum atomic E-state index is -0.517. The van der Waals surface area contributed by atoms with E-state index < -0.39 is 5.82 Å². The Labute approximate surface area is 137 Å². The minimum Gasteiger partial charge on any atom is -0.324 e. The first-order valence-corrected chi connectivity index (χ1v) is 7.49. The van der Waals surface area contributed by atoms with Crippen LogP contribution < -0.4 is 5.32 Å². The van der Waals surface area contributed by atoms with Crippen molar-refractivity contribution in [2.24, 2.45) is 0 Å². The van der Waals surface area contributed by atoms with E-state index in [4.69, 9.17) is 11.6 Å². The second-order valence-corrected chi connectivity index (χ2v) is 5.88. The molecule has 2 aromatic carbocycles. The first-order valence-electron chi connectivity index (χ1n) is 7.11. The lowest BCUT2D eigenvalue weighted by atomic mass is 10.1. The molecule has 6 heteroatoms. The van der Waals surface area contributed by atoms with Crippen LogP contribution in [-0.2, 0) is 11.3 Å². The highest BCUT2D eigenvalue weighted by Crippen LogP contribution is 2.20. The van der Waals surface area contributed by atoms with E-state index in [0.717, 1.165) is 22.2 Å². The third kappa shape index (κ3) is 3.19. The summed E-state index contributed by atoms with van der Waals surface area (Å²) in [6, 6.07) is 8.09. The van der Waals surface area contributed by atoms with Crippen LogP contribution in [0.1, 0.15) is 11.1 Å². The second-order valence-electron chi connectivity index (χ2n) is 5.47. The molecule has 0 aliphatic rings. The molecule has 1 aromatic heterocycles. The van der Waals surface area contributed by atoms with E-state index in [-0.39, 0.29) is 17.5 Å². The molecule has 0 spiro atoms. The zero-order valence-corrected chi connectivity index (χ0v) is 13.5. The maximum atomic E-state index is 13.1. The van der Waals surface area contributed by atoms with Gasteiger partial charge in [-0.2, -0.15) is 0 Å². The number of aryl methyl sites for hydroxylation is 2. The Balaban J connectivity index is 1.80. The molecule has 0 aliphatic heterocycles. The number of carbonyl (C=O) groups excluding carboxylic acids is 1. The molecule has 1 heterocycles. The number of benzene rings is 2. The predicted molar refractivity (Wildman–Crippen MR) is 89.2 cm³/mol. The van der Waals surface area contributed by atoms with Crippen LogP contribution in [0.3, 0.4) is 0 Å². The summed E-state index contributed by atoms with van der Waals surface area (Å²) in [5.74, 6) is -0.749. The van der Waals surface area contributed by atoms with Crippen molar-refractivity contribution < 1.29 is 9.18 Å². The number of halogens is 2. The maximum absolute atomic E-state index is 13.1. The van der Waals surface area contributed by atoms with Gasteiger partial charge in [0.05, 0.1) is 22.4 Å². The van der Waals surface area contributed by atoms with Gasteiger partial charge in [-0.15, -0.1) is 0 Å². The first-order chi connectivity index (χ1) is 10.9. The molecule has 0 unspecified atom stereocenters. The number of imidazole rings is 1. The predicted octanol–water partition coefficient (Wildman–Crippen LogP) is 4.08. The van der Waals surface area contributed by atoms with Crippen molar-refractivity contribution >= 4 is 34.2 Å². The second kappa shape index (κ2) is 6.01. The van der Waals surface area contributed by atoms with E-state index in [1.54, 1.807) is 10.9 Å². The van der Waals surface area contributed by atoms with E-state index in [2.05, 4.69) is 10.3 Å². The fourth-order valence-electron chi connectivity index (χ4n) is 2.37. The third-order valence-corrected chi connectivity index (χ3v) is 4.04. The van der Waals surface area contributed by atoms with Crippen LogP contribution in [0.2, 0.25) is 5.02 Å². The van der Waals surface area contributed by atoms with Crippen LogP contribution in [0.4, 0.5) is 10.1 Å². The molecule has 0 aliphatic carbocycles. The molecule has 118 valence electrons. The fourth-order valence-corrected chi connectivity index (χ4v) is 2.55. The van der Waals surface area contributed by atoms with E-state index in [1.807, 2.05) is 26.0 Å². The van der Waals surface area contributed by atoms with Crippen LogP contribution in [0, 0.1) is 19.7 Å². The summed E-state index contributed by atoms with van der Waals surface area (Å²) in [5.41, 5.74) is 4.52. The van der Waals surface area contributed by atoms with Crippen molar-refractivity contribution in [3.8, 4) is 0 Å². The van der Waals surface area contributed by atoms with Crippen molar-refractivity contribution in [2.45, 2.75) is 20.4 Å². The maximum Gasteiger partial charge on any atom is 0.244 e. The average molecular weight is 332 g/mol. The highest BCUT2D eigenvalue weighted by atomic mass is 35.5. The number of hydrogen-bond acceptors (Lipinski definition) is 2. The number of amides is 1. The molecule has 0 saturated carbocycles. The van der Waals surface area contributed by atoms with Gasteiger partial charge >= 0.3 is 0 Å². The smallest absolute Gasteiger partial charge is 0.244 e. The van der Waals surface area contributed by atoms with Gasteiger partial charge in [-0.3, -0.25) is 4.79 Å². The molecule has 3 aromatic rings. The van der Waals surface area contributed by atoms with E-state index in [0.29, 0.717) is 5.69 Å². The largest absolute Gasteiger partial charge is 0.324 e. The Morgan fingerprint density at radius 2 is 2.00 bits per heavy atom. The Morgan fingerprint density at radius 1 is 1.26 bits per heavy atom. The summed E-state index contributed by atoms with van der Waals surface area (Å²) in [5, 5.41) is 2.67. The molecule has 0 fully saturated rings. The van der Waals surface area contributed by atoms with Crippen molar-refractivity contribution in [3.63, 3.8) is 0 Å². The molecule has 1 amide bonds. The third-order valence-electron chi connectivity index (χ3n) is 3.75. The van der Waals surface area contributed by atoms with Gasteiger partial charge in [0.1, 0.15) is 12.4 Å². The van der Waals surface area contributed by atoms with Crippen LogP contribution in [0.5, 0.6) is 0 Å². The Bertz CT molecular complexity index is 904. The monoisotopic (exact) mass is 331 g/mol. The summed E-state index contributed by atoms with van der Waals surface area (Å²) in [4.78, 5) is 16.5. The number of rotatable bonds is 3. The molecular formula is C17H15ClFN3O.